The van der Waals surface area contributed by atoms with Crippen LogP contribution in [0.4, 0.5) is 18.9 Å². The maximum atomic E-state index is 12.8. The number of nitrogen functional groups attached to an aromatic ring is 1. The van der Waals surface area contributed by atoms with Crippen LogP contribution in [0.5, 0.6) is 0 Å². The van der Waals surface area contributed by atoms with Crippen LogP contribution >= 0.6 is 0 Å². The number of hydrogen-bond acceptors (Lipinski definition) is 7. The van der Waals surface area contributed by atoms with Crippen molar-refractivity contribution in [3.8, 4) is 23.3 Å². The number of rotatable bonds is 5. The highest BCUT2D eigenvalue weighted by Crippen LogP contribution is 2.35. The lowest BCUT2D eigenvalue weighted by Crippen LogP contribution is -2.42. The lowest BCUT2D eigenvalue weighted by Gasteiger charge is -2.17. The summed E-state index contributed by atoms with van der Waals surface area (Å²) >= 11 is 0. The van der Waals surface area contributed by atoms with Crippen LogP contribution in [0.15, 0.2) is 53.8 Å². The SMILES string of the molecule is Cc1cnc2c(c1)c(C#N)c(-c1ccc(S(=O)(=O)NC(C)C(F)(F)F)cn1)n2-c1cc(N)ccn1. The van der Waals surface area contributed by atoms with Crippen LogP contribution in [0.3, 0.4) is 0 Å². The fraction of sp³-hybridized carbons (Fsp3) is 0.182. The zero-order valence-electron chi connectivity index (χ0n) is 18.4. The molecule has 4 aromatic rings. The average molecular weight is 501 g/mol. The molecule has 35 heavy (non-hydrogen) atoms. The van der Waals surface area contributed by atoms with Crippen LogP contribution in [0, 0.1) is 18.3 Å². The van der Waals surface area contributed by atoms with Gasteiger partial charge in [0.1, 0.15) is 28.5 Å². The van der Waals surface area contributed by atoms with E-state index in [0.29, 0.717) is 29.5 Å². The van der Waals surface area contributed by atoms with Gasteiger partial charge in [0.2, 0.25) is 10.0 Å². The third-order valence-corrected chi connectivity index (χ3v) is 6.69. The lowest BCUT2D eigenvalue weighted by molar-refractivity contribution is -0.147. The number of aryl methyl sites for hydroxylation is 1. The van der Waals surface area contributed by atoms with Crippen LogP contribution < -0.4 is 10.5 Å². The summed E-state index contributed by atoms with van der Waals surface area (Å²) < 4.78 is 66.5. The van der Waals surface area contributed by atoms with E-state index >= 15 is 0 Å². The predicted octanol–water partition coefficient (Wildman–Crippen LogP) is 3.47. The number of nitrogens with zero attached hydrogens (tertiary/aromatic N) is 5. The molecule has 0 aromatic carbocycles. The summed E-state index contributed by atoms with van der Waals surface area (Å²) in [5.74, 6) is 0.349. The molecule has 0 aliphatic carbocycles. The minimum absolute atomic E-state index is 0.184. The molecule has 13 heteroatoms. The van der Waals surface area contributed by atoms with E-state index in [9.17, 15) is 26.9 Å². The van der Waals surface area contributed by atoms with Crippen molar-refractivity contribution in [3.63, 3.8) is 0 Å². The predicted molar refractivity (Wildman–Crippen MR) is 122 cm³/mol. The quantitative estimate of drug-likeness (QED) is 0.427. The van der Waals surface area contributed by atoms with E-state index in [-0.39, 0.29) is 17.0 Å². The van der Waals surface area contributed by atoms with Gasteiger partial charge in [0.05, 0.1) is 17.0 Å². The van der Waals surface area contributed by atoms with Crippen LogP contribution in [-0.2, 0) is 10.0 Å². The van der Waals surface area contributed by atoms with Gasteiger partial charge in [0, 0.05) is 35.7 Å². The number of halogens is 3. The molecule has 0 aliphatic heterocycles. The number of hydrogen-bond donors (Lipinski definition) is 2. The molecule has 0 saturated heterocycles. The second-order valence-electron chi connectivity index (χ2n) is 7.77. The second-order valence-corrected chi connectivity index (χ2v) is 9.48. The number of pyridine rings is 3. The Kier molecular flexibility index (Phi) is 5.95. The average Bonchev–Trinajstić information content (AvgIpc) is 3.11. The molecule has 4 rings (SSSR count). The van der Waals surface area contributed by atoms with Gasteiger partial charge in [-0.1, -0.05) is 0 Å². The van der Waals surface area contributed by atoms with Gasteiger partial charge in [-0.15, -0.1) is 0 Å². The lowest BCUT2D eigenvalue weighted by atomic mass is 10.1. The standard InChI is InChI=1S/C22H18F3N7O2S/c1-12-7-16-17(9-26)20(32(21(16)30-10-12)19-8-14(27)5-6-28-19)18-4-3-15(11-29-18)35(33,34)31-13(2)22(23,24)25/h3-8,10-11,13,31H,1-2H3,(H2,27,28). The highest BCUT2D eigenvalue weighted by atomic mass is 32.2. The molecular weight excluding hydrogens is 483 g/mol. The molecular formula is C22H18F3N7O2S. The fourth-order valence-electron chi connectivity index (χ4n) is 3.45. The van der Waals surface area contributed by atoms with E-state index in [2.05, 4.69) is 21.0 Å². The van der Waals surface area contributed by atoms with Crippen molar-refractivity contribution in [1.82, 2.24) is 24.2 Å². The maximum Gasteiger partial charge on any atom is 0.404 e. The normalized spacial score (nSPS) is 13.0. The summed E-state index contributed by atoms with van der Waals surface area (Å²) in [5.41, 5.74) is 8.21. The number of alkyl halides is 3. The first-order chi connectivity index (χ1) is 16.4. The van der Waals surface area contributed by atoms with Gasteiger partial charge >= 0.3 is 6.18 Å². The first-order valence-corrected chi connectivity index (χ1v) is 11.6. The van der Waals surface area contributed by atoms with Gasteiger partial charge in [0.25, 0.3) is 0 Å². The van der Waals surface area contributed by atoms with Crippen molar-refractivity contribution in [1.29, 1.82) is 5.26 Å². The molecule has 9 nitrogen and oxygen atoms in total. The highest BCUT2D eigenvalue weighted by molar-refractivity contribution is 7.89. The van der Waals surface area contributed by atoms with Gasteiger partial charge in [-0.05, 0) is 43.7 Å². The van der Waals surface area contributed by atoms with E-state index in [1.165, 1.54) is 12.3 Å². The Hall–Kier alpha value is -4.02. The molecule has 180 valence electrons. The van der Waals surface area contributed by atoms with Crippen molar-refractivity contribution >= 4 is 26.7 Å². The molecule has 0 amide bonds. The molecule has 1 atom stereocenters. The van der Waals surface area contributed by atoms with E-state index in [4.69, 9.17) is 5.73 Å². The van der Waals surface area contributed by atoms with Crippen LogP contribution in [0.25, 0.3) is 28.2 Å². The number of aromatic nitrogens is 4. The van der Waals surface area contributed by atoms with E-state index in [1.807, 2.05) is 6.92 Å². The number of nitrogens with two attached hydrogens (primary N) is 1. The largest absolute Gasteiger partial charge is 0.404 e. The van der Waals surface area contributed by atoms with E-state index in [0.717, 1.165) is 17.8 Å². The number of nitriles is 1. The Morgan fingerprint density at radius 2 is 1.89 bits per heavy atom. The van der Waals surface area contributed by atoms with Crippen LogP contribution in [-0.4, -0.2) is 40.2 Å². The van der Waals surface area contributed by atoms with Crippen molar-refractivity contribution in [2.24, 2.45) is 0 Å². The molecule has 0 fully saturated rings. The molecule has 1 unspecified atom stereocenters. The Bertz CT molecular complexity index is 1570. The fourth-order valence-corrected chi connectivity index (χ4v) is 4.63. The summed E-state index contributed by atoms with van der Waals surface area (Å²) in [7, 11) is -4.50. The van der Waals surface area contributed by atoms with Crippen LogP contribution in [0.2, 0.25) is 0 Å². The number of fused-ring (bicyclic) bond motifs is 1. The molecule has 0 bridgehead atoms. The van der Waals surface area contributed by atoms with Gasteiger partial charge in [0.15, 0.2) is 0 Å². The topological polar surface area (TPSA) is 140 Å². The van der Waals surface area contributed by atoms with Crippen LogP contribution in [0.1, 0.15) is 18.1 Å². The summed E-state index contributed by atoms with van der Waals surface area (Å²) in [6, 6.07) is 7.21. The molecule has 3 N–H and O–H groups in total. The Labute approximate surface area is 198 Å². The van der Waals surface area contributed by atoms with Gasteiger partial charge < -0.3 is 5.73 Å². The third-order valence-electron chi connectivity index (χ3n) is 5.17. The molecule has 0 saturated carbocycles. The first-order valence-electron chi connectivity index (χ1n) is 10.1. The summed E-state index contributed by atoms with van der Waals surface area (Å²) in [6.45, 7) is 2.51. The number of anilines is 1. The number of nitrogens with one attached hydrogen (secondary N) is 1. The second kappa shape index (κ2) is 8.64. The molecule has 4 heterocycles. The zero-order valence-corrected chi connectivity index (χ0v) is 19.2. The van der Waals surface area contributed by atoms with Gasteiger partial charge in [-0.25, -0.2) is 18.4 Å². The van der Waals surface area contributed by atoms with Gasteiger partial charge in [-0.2, -0.15) is 23.2 Å². The Balaban J connectivity index is 1.89. The minimum atomic E-state index is -4.75. The summed E-state index contributed by atoms with van der Waals surface area (Å²) in [6.07, 6.45) is -0.724. The van der Waals surface area contributed by atoms with E-state index in [1.54, 1.807) is 33.7 Å². The van der Waals surface area contributed by atoms with Gasteiger partial charge in [-0.3, -0.25) is 9.55 Å². The monoisotopic (exact) mass is 501 g/mol. The third kappa shape index (κ3) is 4.53. The zero-order chi connectivity index (χ0) is 25.5. The van der Waals surface area contributed by atoms with Crippen molar-refractivity contribution in [3.05, 3.63) is 60.0 Å². The first kappa shape index (κ1) is 24.1. The van der Waals surface area contributed by atoms with Crippen molar-refractivity contribution < 1.29 is 21.6 Å². The molecule has 0 radical (unpaired) electrons. The Morgan fingerprint density at radius 3 is 2.49 bits per heavy atom. The Morgan fingerprint density at radius 1 is 1.14 bits per heavy atom. The summed E-state index contributed by atoms with van der Waals surface area (Å²) in [5, 5.41) is 10.5. The highest BCUT2D eigenvalue weighted by Gasteiger charge is 2.39. The van der Waals surface area contributed by atoms with Crippen molar-refractivity contribution in [2.45, 2.75) is 31.0 Å². The number of sulfonamides is 1. The minimum Gasteiger partial charge on any atom is -0.399 e. The summed E-state index contributed by atoms with van der Waals surface area (Å²) in [4.78, 5) is 12.5. The van der Waals surface area contributed by atoms with Crippen molar-refractivity contribution in [2.75, 3.05) is 5.73 Å². The molecule has 0 aliphatic rings. The smallest absolute Gasteiger partial charge is 0.399 e. The molecule has 4 aromatic heterocycles. The maximum absolute atomic E-state index is 12.8. The molecule has 0 spiro atoms. The van der Waals surface area contributed by atoms with E-state index < -0.39 is 27.1 Å².